The van der Waals surface area contributed by atoms with E-state index in [2.05, 4.69) is 0 Å². The third-order valence-electron chi connectivity index (χ3n) is 2.01. The molecule has 0 aromatic heterocycles. The van der Waals surface area contributed by atoms with E-state index < -0.39 is 0 Å². The fraction of sp³-hybridized carbons (Fsp3) is 0.143. The van der Waals surface area contributed by atoms with E-state index in [1.807, 2.05) is 0 Å². The fourth-order valence-corrected chi connectivity index (χ4v) is 1.16. The molecule has 0 aliphatic heterocycles. The van der Waals surface area contributed by atoms with Crippen molar-refractivity contribution >= 4 is 0 Å². The van der Waals surface area contributed by atoms with E-state index in [0.29, 0.717) is 11.5 Å². The van der Waals surface area contributed by atoms with E-state index in [9.17, 15) is 0 Å². The van der Waals surface area contributed by atoms with Crippen LogP contribution in [-0.4, -0.2) is 33.6 Å². The van der Waals surface area contributed by atoms with E-state index in [4.69, 9.17) is 25.2 Å². The first-order valence-electron chi connectivity index (χ1n) is 5.63. The van der Waals surface area contributed by atoms with Gasteiger partial charge in [-0.25, -0.2) is 0 Å². The molecule has 0 fully saturated rings. The van der Waals surface area contributed by atoms with E-state index in [-0.39, 0.29) is 24.7 Å². The van der Waals surface area contributed by atoms with Crippen LogP contribution in [-0.2, 0) is 0 Å². The molecule has 5 nitrogen and oxygen atoms in total. The van der Waals surface area contributed by atoms with Gasteiger partial charge in [-0.1, -0.05) is 0 Å². The molecule has 0 spiro atoms. The van der Waals surface area contributed by atoms with Crippen LogP contribution < -0.4 is 4.74 Å². The predicted octanol–water partition coefficient (Wildman–Crippen LogP) is 1.86. The van der Waals surface area contributed by atoms with E-state index in [0.717, 1.165) is 0 Å². The summed E-state index contributed by atoms with van der Waals surface area (Å²) in [5.41, 5.74) is 0. The Hall–Kier alpha value is -2.24. The zero-order valence-electron chi connectivity index (χ0n) is 10.2. The van der Waals surface area contributed by atoms with Crippen LogP contribution >= 0.6 is 0 Å². The van der Waals surface area contributed by atoms with Crippen LogP contribution in [0.2, 0.25) is 0 Å². The molecule has 2 aromatic rings. The molecule has 5 heteroatoms. The maximum atomic E-state index is 9.07. The molecule has 4 N–H and O–H groups in total. The predicted molar refractivity (Wildman–Crippen MR) is 70.5 cm³/mol. The molecule has 0 amide bonds. The number of benzene rings is 2. The van der Waals surface area contributed by atoms with E-state index >= 15 is 0 Å². The summed E-state index contributed by atoms with van der Waals surface area (Å²) in [6.45, 7) is -0.250. The largest absolute Gasteiger partial charge is 0.508 e. The van der Waals surface area contributed by atoms with Gasteiger partial charge in [-0.2, -0.15) is 0 Å². The number of phenolic OH excluding ortho intramolecular Hbond substituents is 2. The minimum Gasteiger partial charge on any atom is -0.508 e. The van der Waals surface area contributed by atoms with Gasteiger partial charge in [0.2, 0.25) is 0 Å². The van der Waals surface area contributed by atoms with Crippen molar-refractivity contribution in [3.63, 3.8) is 0 Å². The number of rotatable bonds is 3. The number of hydrogen-bond acceptors (Lipinski definition) is 5. The number of aromatic hydroxyl groups is 2. The zero-order valence-corrected chi connectivity index (χ0v) is 10.2. The minimum atomic E-state index is -0.125. The Balaban J connectivity index is 0.000000399. The molecule has 102 valence electrons. The van der Waals surface area contributed by atoms with Gasteiger partial charge in [-0.05, 0) is 48.5 Å². The lowest BCUT2D eigenvalue weighted by atomic mass is 10.3. The topological polar surface area (TPSA) is 90.2 Å². The van der Waals surface area contributed by atoms with E-state index in [1.54, 1.807) is 48.5 Å². The Morgan fingerprint density at radius 3 is 1.21 bits per heavy atom. The van der Waals surface area contributed by atoms with Gasteiger partial charge in [0, 0.05) is 0 Å². The number of aliphatic hydroxyl groups excluding tert-OH is 2. The second-order valence-electron chi connectivity index (χ2n) is 3.54. The summed E-state index contributed by atoms with van der Waals surface area (Å²) in [4.78, 5) is 0. The van der Waals surface area contributed by atoms with Crippen LogP contribution in [0.25, 0.3) is 0 Å². The molecule has 0 heterocycles. The highest BCUT2D eigenvalue weighted by Gasteiger charge is 1.97. The summed E-state index contributed by atoms with van der Waals surface area (Å²) >= 11 is 0. The summed E-state index contributed by atoms with van der Waals surface area (Å²) in [5, 5.41) is 33.4. The van der Waals surface area contributed by atoms with Crippen LogP contribution in [0, 0.1) is 0 Å². The lowest BCUT2D eigenvalue weighted by Gasteiger charge is -2.05. The Kier molecular flexibility index (Phi) is 6.21. The van der Waals surface area contributed by atoms with Gasteiger partial charge < -0.3 is 25.2 Å². The Bertz CT molecular complexity index is 419. The van der Waals surface area contributed by atoms with Gasteiger partial charge in [-0.3, -0.25) is 0 Å². The molecule has 0 unspecified atom stereocenters. The second kappa shape index (κ2) is 7.97. The van der Waals surface area contributed by atoms with Gasteiger partial charge in [0.15, 0.2) is 0 Å². The Labute approximate surface area is 111 Å². The van der Waals surface area contributed by atoms with Crippen molar-refractivity contribution in [2.45, 2.75) is 0 Å². The monoisotopic (exact) mass is 264 g/mol. The number of hydrogen-bond donors (Lipinski definition) is 4. The van der Waals surface area contributed by atoms with Crippen LogP contribution in [0.3, 0.4) is 0 Å². The smallest absolute Gasteiger partial charge is 0.127 e. The third kappa shape index (κ3) is 5.76. The van der Waals surface area contributed by atoms with Gasteiger partial charge in [0.25, 0.3) is 0 Å². The maximum absolute atomic E-state index is 9.07. The van der Waals surface area contributed by atoms with Crippen molar-refractivity contribution < 1.29 is 25.2 Å². The van der Waals surface area contributed by atoms with Gasteiger partial charge >= 0.3 is 0 Å². The summed E-state index contributed by atoms with van der Waals surface area (Å²) in [7, 11) is 0. The standard InChI is InChI=1S/C12H10O3.C2H6O2/c13-9-1-5-11(6-2-9)15-12-7-3-10(14)4-8-12;3-1-2-4/h1-8,13-14H;3-4H,1-2H2. The first-order chi connectivity index (χ1) is 9.15. The lowest BCUT2D eigenvalue weighted by Crippen LogP contribution is -1.85. The van der Waals surface area contributed by atoms with Gasteiger partial charge in [0.1, 0.15) is 23.0 Å². The summed E-state index contributed by atoms with van der Waals surface area (Å²) in [6.07, 6.45) is 0. The molecular formula is C14H16O5. The summed E-state index contributed by atoms with van der Waals surface area (Å²) in [5.74, 6) is 1.68. The van der Waals surface area contributed by atoms with E-state index in [1.165, 1.54) is 0 Å². The highest BCUT2D eigenvalue weighted by atomic mass is 16.5. The molecular weight excluding hydrogens is 248 g/mol. The number of ether oxygens (including phenoxy) is 1. The molecule has 2 aromatic carbocycles. The van der Waals surface area contributed by atoms with Gasteiger partial charge in [-0.15, -0.1) is 0 Å². The van der Waals surface area contributed by atoms with Crippen molar-refractivity contribution in [2.24, 2.45) is 0 Å². The fourth-order valence-electron chi connectivity index (χ4n) is 1.16. The van der Waals surface area contributed by atoms with Crippen molar-refractivity contribution in [3.8, 4) is 23.0 Å². The minimum absolute atomic E-state index is 0.125. The maximum Gasteiger partial charge on any atom is 0.127 e. The molecule has 19 heavy (non-hydrogen) atoms. The summed E-state index contributed by atoms with van der Waals surface area (Å²) < 4.78 is 5.47. The Morgan fingerprint density at radius 2 is 0.947 bits per heavy atom. The molecule has 0 radical (unpaired) electrons. The number of phenols is 2. The van der Waals surface area contributed by atoms with Crippen molar-refractivity contribution in [3.05, 3.63) is 48.5 Å². The lowest BCUT2D eigenvalue weighted by molar-refractivity contribution is 0.186. The average molecular weight is 264 g/mol. The molecule has 2 rings (SSSR count). The molecule has 0 aliphatic rings. The summed E-state index contributed by atoms with van der Waals surface area (Å²) in [6, 6.07) is 12.9. The molecule has 0 bridgehead atoms. The molecule has 0 aliphatic carbocycles. The first-order valence-corrected chi connectivity index (χ1v) is 5.63. The molecule has 0 atom stereocenters. The molecule has 0 saturated carbocycles. The zero-order chi connectivity index (χ0) is 14.1. The normalized spacial score (nSPS) is 9.37. The average Bonchev–Trinajstić information content (AvgIpc) is 2.44. The third-order valence-corrected chi connectivity index (χ3v) is 2.01. The van der Waals surface area contributed by atoms with Crippen molar-refractivity contribution in [1.29, 1.82) is 0 Å². The number of aliphatic hydroxyl groups is 2. The van der Waals surface area contributed by atoms with Crippen molar-refractivity contribution in [2.75, 3.05) is 13.2 Å². The highest BCUT2D eigenvalue weighted by Crippen LogP contribution is 2.24. The van der Waals surface area contributed by atoms with Crippen molar-refractivity contribution in [1.82, 2.24) is 0 Å². The molecule has 0 saturated heterocycles. The highest BCUT2D eigenvalue weighted by molar-refractivity contribution is 5.36. The quantitative estimate of drug-likeness (QED) is 0.679. The SMILES string of the molecule is OCCO.Oc1ccc(Oc2ccc(O)cc2)cc1. The van der Waals surface area contributed by atoms with Crippen LogP contribution in [0.15, 0.2) is 48.5 Å². The van der Waals surface area contributed by atoms with Crippen LogP contribution in [0.5, 0.6) is 23.0 Å². The van der Waals surface area contributed by atoms with Crippen LogP contribution in [0.4, 0.5) is 0 Å². The van der Waals surface area contributed by atoms with Gasteiger partial charge in [0.05, 0.1) is 13.2 Å². The second-order valence-corrected chi connectivity index (χ2v) is 3.54. The Morgan fingerprint density at radius 1 is 0.632 bits per heavy atom. The van der Waals surface area contributed by atoms with Crippen LogP contribution in [0.1, 0.15) is 0 Å². The first kappa shape index (κ1) is 14.8.